The highest BCUT2D eigenvalue weighted by molar-refractivity contribution is 5.80. The first-order valence-corrected chi connectivity index (χ1v) is 28.0. The highest BCUT2D eigenvalue weighted by atomic mass is 16.3. The second-order valence-electron chi connectivity index (χ2n) is 19.5. The maximum Gasteiger partial charge on any atom is 0.249 e. The molecule has 1 amide bonds. The van der Waals surface area contributed by atoms with Gasteiger partial charge in [0.25, 0.3) is 0 Å². The van der Waals surface area contributed by atoms with Crippen LogP contribution in [0.5, 0.6) is 0 Å². The van der Waals surface area contributed by atoms with Crippen molar-refractivity contribution in [1.82, 2.24) is 5.32 Å². The largest absolute Gasteiger partial charge is 0.394 e. The zero-order valence-corrected chi connectivity index (χ0v) is 41.6. The van der Waals surface area contributed by atoms with Gasteiger partial charge in [-0.25, -0.2) is 0 Å². The van der Waals surface area contributed by atoms with Gasteiger partial charge in [0.05, 0.1) is 18.8 Å². The van der Waals surface area contributed by atoms with E-state index in [1.165, 1.54) is 263 Å². The number of rotatable bonds is 52. The molecule has 0 aromatic heterocycles. The predicted molar refractivity (Wildman–Crippen MR) is 269 cm³/mol. The smallest absolute Gasteiger partial charge is 0.249 e. The highest BCUT2D eigenvalue weighted by Crippen LogP contribution is 2.18. The fourth-order valence-corrected chi connectivity index (χ4v) is 9.01. The Labute approximate surface area is 382 Å². The normalized spacial score (nSPS) is 13.3. The topological polar surface area (TPSA) is 89.8 Å². The SMILES string of the molecule is CCCCCCCCCCCCCCCCCC/C=C/C(O)C(CO)NC(=O)C(O)CCCCCCCCCCCCCCCCCCCCCCCCCCCCCCC. The first kappa shape index (κ1) is 60.1. The van der Waals surface area contributed by atoms with Gasteiger partial charge in [-0.3, -0.25) is 4.79 Å². The van der Waals surface area contributed by atoms with Crippen LogP contribution in [0.25, 0.3) is 0 Å². The standard InChI is InChI=1S/C56H111NO4/c1-3-5-7-9-11-13-15-17-19-21-23-24-25-26-27-28-29-30-31-32-33-35-37-39-41-43-45-47-49-51-55(60)56(61)57-53(52-58)54(59)50-48-46-44-42-40-38-36-34-22-20-18-16-14-12-10-8-6-4-2/h48,50,53-55,58-60H,3-47,49,51-52H2,1-2H3,(H,57,61)/b50-48+. The van der Waals surface area contributed by atoms with Crippen LogP contribution < -0.4 is 5.32 Å². The molecule has 364 valence electrons. The second kappa shape index (κ2) is 51.7. The molecule has 3 unspecified atom stereocenters. The van der Waals surface area contributed by atoms with Gasteiger partial charge in [0.15, 0.2) is 0 Å². The Morgan fingerprint density at radius 3 is 0.902 bits per heavy atom. The van der Waals surface area contributed by atoms with Gasteiger partial charge in [0, 0.05) is 0 Å². The molecule has 0 heterocycles. The van der Waals surface area contributed by atoms with Crippen molar-refractivity contribution in [1.29, 1.82) is 0 Å². The summed E-state index contributed by atoms with van der Waals surface area (Å²) in [5, 5.41) is 33.3. The summed E-state index contributed by atoms with van der Waals surface area (Å²) in [6, 6.07) is -0.794. The second-order valence-corrected chi connectivity index (χ2v) is 19.5. The summed E-state index contributed by atoms with van der Waals surface area (Å²) in [7, 11) is 0. The molecular formula is C56H111NO4. The number of carbonyl (C=O) groups excluding carboxylic acids is 1. The third-order valence-electron chi connectivity index (χ3n) is 13.4. The lowest BCUT2D eigenvalue weighted by Crippen LogP contribution is -2.48. The van der Waals surface area contributed by atoms with Crippen LogP contribution in [0.15, 0.2) is 12.2 Å². The third-order valence-corrected chi connectivity index (χ3v) is 13.4. The Morgan fingerprint density at radius 1 is 0.393 bits per heavy atom. The van der Waals surface area contributed by atoms with Crippen molar-refractivity contribution in [2.24, 2.45) is 0 Å². The molecule has 0 radical (unpaired) electrons. The van der Waals surface area contributed by atoms with E-state index in [-0.39, 0.29) is 6.61 Å². The van der Waals surface area contributed by atoms with E-state index in [1.807, 2.05) is 6.08 Å². The molecule has 0 aliphatic rings. The lowest BCUT2D eigenvalue weighted by atomic mass is 10.0. The van der Waals surface area contributed by atoms with E-state index >= 15 is 0 Å². The summed E-state index contributed by atoms with van der Waals surface area (Å²) in [6.07, 6.45) is 64.3. The van der Waals surface area contributed by atoms with Crippen LogP contribution in [-0.4, -0.2) is 46.1 Å². The van der Waals surface area contributed by atoms with Crippen LogP contribution in [-0.2, 0) is 4.79 Å². The maximum absolute atomic E-state index is 12.5. The van der Waals surface area contributed by atoms with Crippen molar-refractivity contribution in [3.8, 4) is 0 Å². The molecule has 0 saturated carbocycles. The summed E-state index contributed by atoms with van der Waals surface area (Å²) in [5.41, 5.74) is 0. The van der Waals surface area contributed by atoms with Gasteiger partial charge in [-0.15, -0.1) is 0 Å². The number of hydrogen-bond acceptors (Lipinski definition) is 4. The minimum atomic E-state index is -1.09. The summed E-state index contributed by atoms with van der Waals surface area (Å²) in [4.78, 5) is 12.5. The van der Waals surface area contributed by atoms with E-state index in [0.29, 0.717) is 6.42 Å². The fraction of sp³-hybridized carbons (Fsp3) is 0.946. The molecule has 0 rings (SSSR count). The minimum Gasteiger partial charge on any atom is -0.394 e. The van der Waals surface area contributed by atoms with Crippen molar-refractivity contribution in [2.75, 3.05) is 6.61 Å². The summed E-state index contributed by atoms with van der Waals surface area (Å²) in [6.45, 7) is 4.22. The third kappa shape index (κ3) is 46.9. The molecular weight excluding hydrogens is 751 g/mol. The summed E-state index contributed by atoms with van der Waals surface area (Å²) >= 11 is 0. The Hall–Kier alpha value is -0.910. The quantitative estimate of drug-likeness (QED) is 0.0362. The molecule has 3 atom stereocenters. The summed E-state index contributed by atoms with van der Waals surface area (Å²) < 4.78 is 0. The number of aliphatic hydroxyl groups is 3. The Morgan fingerprint density at radius 2 is 0.639 bits per heavy atom. The molecule has 0 spiro atoms. The lowest BCUT2D eigenvalue weighted by molar-refractivity contribution is -0.131. The molecule has 0 aromatic rings. The van der Waals surface area contributed by atoms with Gasteiger partial charge in [-0.1, -0.05) is 309 Å². The van der Waals surface area contributed by atoms with E-state index in [0.717, 1.165) is 32.1 Å². The fourth-order valence-electron chi connectivity index (χ4n) is 9.01. The average Bonchev–Trinajstić information content (AvgIpc) is 3.26. The van der Waals surface area contributed by atoms with Crippen molar-refractivity contribution < 1.29 is 20.1 Å². The molecule has 0 bridgehead atoms. The van der Waals surface area contributed by atoms with Crippen molar-refractivity contribution in [3.63, 3.8) is 0 Å². The van der Waals surface area contributed by atoms with Gasteiger partial charge >= 0.3 is 0 Å². The zero-order valence-electron chi connectivity index (χ0n) is 41.6. The zero-order chi connectivity index (χ0) is 44.4. The van der Waals surface area contributed by atoms with E-state index in [1.54, 1.807) is 6.08 Å². The maximum atomic E-state index is 12.5. The number of nitrogens with one attached hydrogen (secondary N) is 1. The van der Waals surface area contributed by atoms with Crippen LogP contribution in [0.4, 0.5) is 0 Å². The van der Waals surface area contributed by atoms with Crippen LogP contribution in [0.1, 0.15) is 316 Å². The van der Waals surface area contributed by atoms with Gasteiger partial charge in [0.1, 0.15) is 6.10 Å². The van der Waals surface area contributed by atoms with Crippen molar-refractivity contribution >= 4 is 5.91 Å². The summed E-state index contributed by atoms with van der Waals surface area (Å²) in [5.74, 6) is -0.496. The van der Waals surface area contributed by atoms with Gasteiger partial charge in [0.2, 0.25) is 5.91 Å². The average molecular weight is 863 g/mol. The lowest BCUT2D eigenvalue weighted by Gasteiger charge is -2.21. The number of amides is 1. The molecule has 0 fully saturated rings. The first-order chi connectivity index (χ1) is 30.1. The molecule has 0 aromatic carbocycles. The molecule has 4 N–H and O–H groups in total. The van der Waals surface area contributed by atoms with Crippen molar-refractivity contribution in [3.05, 3.63) is 12.2 Å². The van der Waals surface area contributed by atoms with E-state index in [2.05, 4.69) is 19.2 Å². The Bertz CT molecular complexity index is 864. The van der Waals surface area contributed by atoms with Gasteiger partial charge < -0.3 is 20.6 Å². The van der Waals surface area contributed by atoms with E-state index in [9.17, 15) is 20.1 Å². The van der Waals surface area contributed by atoms with Crippen LogP contribution in [0, 0.1) is 0 Å². The number of aliphatic hydroxyl groups excluding tert-OH is 3. The van der Waals surface area contributed by atoms with Crippen LogP contribution in [0.2, 0.25) is 0 Å². The van der Waals surface area contributed by atoms with E-state index in [4.69, 9.17) is 0 Å². The molecule has 61 heavy (non-hydrogen) atoms. The van der Waals surface area contributed by atoms with Crippen molar-refractivity contribution in [2.45, 2.75) is 334 Å². The molecule has 0 saturated heterocycles. The molecule has 0 aliphatic heterocycles. The Balaban J connectivity index is 3.51. The van der Waals surface area contributed by atoms with Crippen LogP contribution in [0.3, 0.4) is 0 Å². The van der Waals surface area contributed by atoms with E-state index < -0.39 is 24.2 Å². The van der Waals surface area contributed by atoms with Gasteiger partial charge in [-0.2, -0.15) is 0 Å². The molecule has 5 heteroatoms. The number of allylic oxidation sites excluding steroid dienone is 1. The molecule has 0 aliphatic carbocycles. The first-order valence-electron chi connectivity index (χ1n) is 28.0. The number of carbonyl (C=O) groups is 1. The van der Waals surface area contributed by atoms with Gasteiger partial charge in [-0.05, 0) is 19.3 Å². The molecule has 5 nitrogen and oxygen atoms in total. The monoisotopic (exact) mass is 862 g/mol. The number of hydrogen-bond donors (Lipinski definition) is 4. The van der Waals surface area contributed by atoms with Crippen LogP contribution >= 0.6 is 0 Å². The highest BCUT2D eigenvalue weighted by Gasteiger charge is 2.22. The predicted octanol–water partition coefficient (Wildman–Crippen LogP) is 17.1. The minimum absolute atomic E-state index is 0.359. The Kier molecular flexibility index (Phi) is 51.0. The number of unbranched alkanes of at least 4 members (excludes halogenated alkanes) is 44.